The van der Waals surface area contributed by atoms with Gasteiger partial charge in [-0.05, 0) is 25.4 Å². The summed E-state index contributed by atoms with van der Waals surface area (Å²) in [6.45, 7) is 2.04. The Bertz CT molecular complexity index is 406. The fourth-order valence-electron chi connectivity index (χ4n) is 1.51. The van der Waals surface area contributed by atoms with E-state index in [2.05, 4.69) is 33.2 Å². The Morgan fingerprint density at radius 1 is 1.47 bits per heavy atom. The minimum absolute atomic E-state index is 0.399. The smallest absolute Gasteiger partial charge is 0.0947 e. The van der Waals surface area contributed by atoms with Crippen molar-refractivity contribution in [1.82, 2.24) is 10.3 Å². The Labute approximate surface area is 98.0 Å². The molecule has 2 rings (SSSR count). The maximum Gasteiger partial charge on any atom is 0.0947 e. The molecule has 15 heavy (non-hydrogen) atoms. The highest BCUT2D eigenvalue weighted by molar-refractivity contribution is 7.10. The van der Waals surface area contributed by atoms with Crippen LogP contribution in [-0.2, 0) is 6.42 Å². The minimum Gasteiger partial charge on any atom is -0.312 e. The molecule has 0 aliphatic rings. The predicted molar refractivity (Wildman–Crippen MR) is 66.7 cm³/mol. The minimum atomic E-state index is 0.399. The van der Waals surface area contributed by atoms with E-state index in [4.69, 9.17) is 0 Å². The van der Waals surface area contributed by atoms with Gasteiger partial charge in [-0.15, -0.1) is 22.7 Å². The molecule has 2 heterocycles. The van der Waals surface area contributed by atoms with E-state index >= 15 is 0 Å². The molecule has 0 radical (unpaired) electrons. The molecule has 1 N–H and O–H groups in total. The lowest BCUT2D eigenvalue weighted by Gasteiger charge is -2.12. The van der Waals surface area contributed by atoms with Crippen LogP contribution in [0.2, 0.25) is 0 Å². The zero-order chi connectivity index (χ0) is 10.7. The largest absolute Gasteiger partial charge is 0.312 e. The number of nitrogens with zero attached hydrogens (tertiary/aromatic N) is 1. The lowest BCUT2D eigenvalue weighted by molar-refractivity contribution is 0.600. The van der Waals surface area contributed by atoms with Crippen LogP contribution in [0, 0.1) is 6.92 Å². The van der Waals surface area contributed by atoms with Crippen LogP contribution in [0.4, 0.5) is 0 Å². The van der Waals surface area contributed by atoms with E-state index in [1.54, 1.807) is 22.7 Å². The molecule has 2 nitrogen and oxygen atoms in total. The SMILES string of the molecule is CNC(Cc1nc(C)cs1)c1cccs1. The Morgan fingerprint density at radius 2 is 2.33 bits per heavy atom. The van der Waals surface area contributed by atoms with E-state index in [0.717, 1.165) is 12.1 Å². The molecule has 0 spiro atoms. The van der Waals surface area contributed by atoms with E-state index in [-0.39, 0.29) is 0 Å². The summed E-state index contributed by atoms with van der Waals surface area (Å²) in [7, 11) is 2.00. The Morgan fingerprint density at radius 3 is 2.87 bits per heavy atom. The molecule has 0 fully saturated rings. The molecule has 0 saturated carbocycles. The second-order valence-corrected chi connectivity index (χ2v) is 5.37. The number of hydrogen-bond donors (Lipinski definition) is 1. The van der Waals surface area contributed by atoms with Crippen LogP contribution >= 0.6 is 22.7 Å². The van der Waals surface area contributed by atoms with Crippen molar-refractivity contribution >= 4 is 22.7 Å². The summed E-state index contributed by atoms with van der Waals surface area (Å²) in [6.07, 6.45) is 0.982. The van der Waals surface area contributed by atoms with E-state index in [9.17, 15) is 0 Å². The molecule has 0 aliphatic heterocycles. The second kappa shape index (κ2) is 4.88. The summed E-state index contributed by atoms with van der Waals surface area (Å²) in [6, 6.07) is 4.67. The van der Waals surface area contributed by atoms with Crippen molar-refractivity contribution in [3.8, 4) is 0 Å². The maximum atomic E-state index is 4.49. The van der Waals surface area contributed by atoms with Crippen molar-refractivity contribution in [3.05, 3.63) is 38.5 Å². The Kier molecular flexibility index (Phi) is 3.51. The quantitative estimate of drug-likeness (QED) is 0.885. The third-order valence-corrected chi connectivity index (χ3v) is 4.26. The third kappa shape index (κ3) is 2.65. The van der Waals surface area contributed by atoms with Crippen molar-refractivity contribution in [2.45, 2.75) is 19.4 Å². The van der Waals surface area contributed by atoms with E-state index in [1.165, 1.54) is 9.88 Å². The topological polar surface area (TPSA) is 24.9 Å². The molecule has 2 aromatic rings. The summed E-state index contributed by atoms with van der Waals surface area (Å²) < 4.78 is 0. The predicted octanol–water partition coefficient (Wildman–Crippen LogP) is 3.02. The van der Waals surface area contributed by atoms with E-state index in [0.29, 0.717) is 6.04 Å². The van der Waals surface area contributed by atoms with Gasteiger partial charge in [-0.25, -0.2) is 4.98 Å². The summed E-state index contributed by atoms with van der Waals surface area (Å²) >= 11 is 3.54. The highest BCUT2D eigenvalue weighted by Gasteiger charge is 2.12. The molecule has 0 saturated heterocycles. The van der Waals surface area contributed by atoms with Crippen molar-refractivity contribution in [1.29, 1.82) is 0 Å². The zero-order valence-corrected chi connectivity index (χ0v) is 10.5. The van der Waals surface area contributed by atoms with Gasteiger partial charge in [0.15, 0.2) is 0 Å². The van der Waals surface area contributed by atoms with Crippen LogP contribution in [0.3, 0.4) is 0 Å². The van der Waals surface area contributed by atoms with Crippen molar-refractivity contribution in [2.24, 2.45) is 0 Å². The zero-order valence-electron chi connectivity index (χ0n) is 8.86. The third-order valence-electron chi connectivity index (χ3n) is 2.28. The molecule has 0 aliphatic carbocycles. The van der Waals surface area contributed by atoms with Crippen LogP contribution in [0.1, 0.15) is 21.6 Å². The maximum absolute atomic E-state index is 4.49. The van der Waals surface area contributed by atoms with Gasteiger partial charge in [0.25, 0.3) is 0 Å². The first-order chi connectivity index (χ1) is 7.29. The number of nitrogens with one attached hydrogen (secondary N) is 1. The standard InChI is InChI=1S/C11H14N2S2/c1-8-7-15-11(13-8)6-9(12-2)10-4-3-5-14-10/h3-5,7,9,12H,6H2,1-2H3. The van der Waals surface area contributed by atoms with Crippen LogP contribution in [0.25, 0.3) is 0 Å². The Balaban J connectivity index is 2.09. The highest BCUT2D eigenvalue weighted by Crippen LogP contribution is 2.23. The first-order valence-electron chi connectivity index (χ1n) is 4.91. The first-order valence-corrected chi connectivity index (χ1v) is 6.67. The molecule has 0 aromatic carbocycles. The molecule has 4 heteroatoms. The number of aryl methyl sites for hydroxylation is 1. The van der Waals surface area contributed by atoms with Gasteiger partial charge < -0.3 is 5.32 Å². The number of thiophene rings is 1. The monoisotopic (exact) mass is 238 g/mol. The number of rotatable bonds is 4. The van der Waals surface area contributed by atoms with Crippen LogP contribution in [-0.4, -0.2) is 12.0 Å². The highest BCUT2D eigenvalue weighted by atomic mass is 32.1. The van der Waals surface area contributed by atoms with Crippen LogP contribution in [0.15, 0.2) is 22.9 Å². The van der Waals surface area contributed by atoms with Crippen molar-refractivity contribution in [3.63, 3.8) is 0 Å². The van der Waals surface area contributed by atoms with Crippen LogP contribution < -0.4 is 5.32 Å². The van der Waals surface area contributed by atoms with Crippen molar-refractivity contribution < 1.29 is 0 Å². The van der Waals surface area contributed by atoms with Gasteiger partial charge in [0, 0.05) is 28.4 Å². The van der Waals surface area contributed by atoms with Gasteiger partial charge in [-0.2, -0.15) is 0 Å². The fourth-order valence-corrected chi connectivity index (χ4v) is 3.16. The summed E-state index contributed by atoms with van der Waals surface area (Å²) in [4.78, 5) is 5.87. The lowest BCUT2D eigenvalue weighted by atomic mass is 10.2. The van der Waals surface area contributed by atoms with Gasteiger partial charge in [0.2, 0.25) is 0 Å². The normalized spacial score (nSPS) is 12.9. The molecule has 0 amide bonds. The number of hydrogen-bond acceptors (Lipinski definition) is 4. The van der Waals surface area contributed by atoms with E-state index < -0.39 is 0 Å². The number of aromatic nitrogens is 1. The second-order valence-electron chi connectivity index (χ2n) is 3.44. The Hall–Kier alpha value is -0.710. The van der Waals surface area contributed by atoms with Gasteiger partial charge in [0.1, 0.15) is 0 Å². The molecule has 2 aromatic heterocycles. The molecule has 0 bridgehead atoms. The summed E-state index contributed by atoms with van der Waals surface area (Å²) in [5, 5.41) is 8.77. The molecule has 1 unspecified atom stereocenters. The lowest BCUT2D eigenvalue weighted by Crippen LogP contribution is -2.17. The number of thiazole rings is 1. The van der Waals surface area contributed by atoms with Gasteiger partial charge in [0.05, 0.1) is 5.01 Å². The molecule has 1 atom stereocenters. The van der Waals surface area contributed by atoms with Gasteiger partial charge >= 0.3 is 0 Å². The summed E-state index contributed by atoms with van der Waals surface area (Å²) in [5.74, 6) is 0. The van der Waals surface area contributed by atoms with Crippen molar-refractivity contribution in [2.75, 3.05) is 7.05 Å². The average molecular weight is 238 g/mol. The number of likely N-dealkylation sites (N-methyl/N-ethyl adjacent to an activating group) is 1. The van der Waals surface area contributed by atoms with Gasteiger partial charge in [-0.1, -0.05) is 6.07 Å². The fraction of sp³-hybridized carbons (Fsp3) is 0.364. The van der Waals surface area contributed by atoms with E-state index in [1.807, 2.05) is 14.0 Å². The average Bonchev–Trinajstić information content (AvgIpc) is 2.85. The molecular formula is C11H14N2S2. The summed E-state index contributed by atoms with van der Waals surface area (Å²) in [5.41, 5.74) is 1.12. The first kappa shape index (κ1) is 10.8. The van der Waals surface area contributed by atoms with Gasteiger partial charge in [-0.3, -0.25) is 0 Å². The molecular weight excluding hydrogens is 224 g/mol. The molecule has 80 valence electrons. The van der Waals surface area contributed by atoms with Crippen LogP contribution in [0.5, 0.6) is 0 Å².